The molecule has 2 aliphatic heterocycles. The van der Waals surface area contributed by atoms with Crippen molar-refractivity contribution < 1.29 is 28.3 Å². The molecule has 1 atom stereocenters. The number of nitrogens with zero attached hydrogens (tertiary/aromatic N) is 1. The van der Waals surface area contributed by atoms with E-state index in [4.69, 9.17) is 9.15 Å². The predicted octanol–water partition coefficient (Wildman–Crippen LogP) is 3.99. The Labute approximate surface area is 207 Å². The zero-order valence-corrected chi connectivity index (χ0v) is 19.7. The number of piperidine rings is 1. The standard InChI is InChI=1S/C27H25N3O6/c1-16-25(32)29-21-15-18(7-8-22(21)36-16)24(31)17-9-11-30(12-10-17)27(34)19-4-2-5-20(14-19)28-26(33)23-6-3-13-35-23/h2-8,13-17H,9-12H2,1H3,(H,28,33)(H,29,32). The fraction of sp³-hybridized carbons (Fsp3) is 0.259. The lowest BCUT2D eigenvalue weighted by atomic mass is 9.88. The molecule has 1 aromatic heterocycles. The van der Waals surface area contributed by atoms with Crippen LogP contribution < -0.4 is 15.4 Å². The Kier molecular flexibility index (Phi) is 6.28. The molecule has 3 heterocycles. The number of amides is 3. The van der Waals surface area contributed by atoms with Crippen LogP contribution in [0.4, 0.5) is 11.4 Å². The average Bonchev–Trinajstić information content (AvgIpc) is 3.44. The fourth-order valence-corrected chi connectivity index (χ4v) is 4.46. The first-order valence-electron chi connectivity index (χ1n) is 11.8. The Hall–Kier alpha value is -4.40. The lowest BCUT2D eigenvalue weighted by Gasteiger charge is -2.31. The summed E-state index contributed by atoms with van der Waals surface area (Å²) in [6.07, 6.45) is 1.92. The molecule has 0 radical (unpaired) electrons. The maximum Gasteiger partial charge on any atom is 0.291 e. The van der Waals surface area contributed by atoms with Crippen LogP contribution in [0.3, 0.4) is 0 Å². The van der Waals surface area contributed by atoms with E-state index in [-0.39, 0.29) is 29.3 Å². The minimum atomic E-state index is -0.575. The van der Waals surface area contributed by atoms with Crippen molar-refractivity contribution in [2.45, 2.75) is 25.9 Å². The third kappa shape index (κ3) is 4.72. The number of fused-ring (bicyclic) bond motifs is 1. The molecule has 9 nitrogen and oxygen atoms in total. The maximum absolute atomic E-state index is 13.1. The molecule has 0 aliphatic carbocycles. The molecule has 1 unspecified atom stereocenters. The molecular weight excluding hydrogens is 462 g/mol. The van der Waals surface area contributed by atoms with Crippen molar-refractivity contribution in [2.24, 2.45) is 5.92 Å². The molecule has 9 heteroatoms. The number of likely N-dealkylation sites (tertiary alicyclic amines) is 1. The van der Waals surface area contributed by atoms with Crippen LogP contribution in [-0.2, 0) is 4.79 Å². The third-order valence-electron chi connectivity index (χ3n) is 6.46. The van der Waals surface area contributed by atoms with Crippen molar-refractivity contribution in [1.82, 2.24) is 4.90 Å². The van der Waals surface area contributed by atoms with Crippen molar-refractivity contribution in [3.63, 3.8) is 0 Å². The molecule has 2 aliphatic rings. The van der Waals surface area contributed by atoms with Gasteiger partial charge in [-0.2, -0.15) is 0 Å². The largest absolute Gasteiger partial charge is 0.479 e. The third-order valence-corrected chi connectivity index (χ3v) is 6.46. The Morgan fingerprint density at radius 1 is 1.00 bits per heavy atom. The molecule has 0 bridgehead atoms. The van der Waals surface area contributed by atoms with Gasteiger partial charge in [-0.15, -0.1) is 0 Å². The molecule has 184 valence electrons. The summed E-state index contributed by atoms with van der Waals surface area (Å²) in [7, 11) is 0. The summed E-state index contributed by atoms with van der Waals surface area (Å²) in [6, 6.07) is 15.0. The molecule has 0 saturated carbocycles. The van der Waals surface area contributed by atoms with E-state index in [2.05, 4.69) is 10.6 Å². The van der Waals surface area contributed by atoms with Crippen molar-refractivity contribution in [1.29, 1.82) is 0 Å². The van der Waals surface area contributed by atoms with Crippen LogP contribution in [0, 0.1) is 5.92 Å². The lowest BCUT2D eigenvalue weighted by molar-refractivity contribution is -0.122. The summed E-state index contributed by atoms with van der Waals surface area (Å²) >= 11 is 0. The number of carbonyl (C=O) groups excluding carboxylic acids is 4. The number of Topliss-reactive ketones (excluding diaryl/α,β-unsaturated/α-hetero) is 1. The first-order valence-corrected chi connectivity index (χ1v) is 11.8. The van der Waals surface area contributed by atoms with Gasteiger partial charge in [-0.05, 0) is 68.3 Å². The van der Waals surface area contributed by atoms with Crippen LogP contribution in [-0.4, -0.2) is 47.6 Å². The van der Waals surface area contributed by atoms with E-state index in [1.54, 1.807) is 66.4 Å². The average molecular weight is 488 g/mol. The Balaban J connectivity index is 1.20. The predicted molar refractivity (Wildman–Crippen MR) is 131 cm³/mol. The fourth-order valence-electron chi connectivity index (χ4n) is 4.46. The molecule has 36 heavy (non-hydrogen) atoms. The van der Waals surface area contributed by atoms with E-state index in [0.717, 1.165) is 0 Å². The van der Waals surface area contributed by atoms with Gasteiger partial charge in [0.05, 0.1) is 12.0 Å². The summed E-state index contributed by atoms with van der Waals surface area (Å²) < 4.78 is 10.7. The Morgan fingerprint density at radius 3 is 2.56 bits per heavy atom. The second-order valence-electron chi connectivity index (χ2n) is 8.90. The molecule has 1 saturated heterocycles. The number of anilines is 2. The molecule has 3 amide bonds. The van der Waals surface area contributed by atoms with Gasteiger partial charge in [0.25, 0.3) is 17.7 Å². The second kappa shape index (κ2) is 9.69. The van der Waals surface area contributed by atoms with E-state index in [9.17, 15) is 19.2 Å². The van der Waals surface area contributed by atoms with Crippen LogP contribution >= 0.6 is 0 Å². The van der Waals surface area contributed by atoms with E-state index < -0.39 is 12.0 Å². The smallest absolute Gasteiger partial charge is 0.291 e. The van der Waals surface area contributed by atoms with Crippen LogP contribution in [0.1, 0.15) is 51.0 Å². The SMILES string of the molecule is CC1Oc2ccc(C(=O)C3CCN(C(=O)c4cccc(NC(=O)c5ccco5)c4)CC3)cc2NC1=O. The minimum absolute atomic E-state index is 0.0135. The summed E-state index contributed by atoms with van der Waals surface area (Å²) in [5.41, 5.74) is 1.95. The van der Waals surface area contributed by atoms with Crippen molar-refractivity contribution in [3.8, 4) is 5.75 Å². The highest BCUT2D eigenvalue weighted by atomic mass is 16.5. The minimum Gasteiger partial charge on any atom is -0.479 e. The summed E-state index contributed by atoms with van der Waals surface area (Å²) in [4.78, 5) is 52.1. The van der Waals surface area contributed by atoms with Gasteiger partial charge < -0.3 is 24.7 Å². The van der Waals surface area contributed by atoms with Crippen LogP contribution in [0.25, 0.3) is 0 Å². The normalized spacial score (nSPS) is 17.5. The highest BCUT2D eigenvalue weighted by Gasteiger charge is 2.30. The number of benzene rings is 2. The van der Waals surface area contributed by atoms with Gasteiger partial charge in [0, 0.05) is 35.8 Å². The van der Waals surface area contributed by atoms with Gasteiger partial charge in [-0.3, -0.25) is 19.2 Å². The lowest BCUT2D eigenvalue weighted by Crippen LogP contribution is -2.40. The molecular formula is C27H25N3O6. The Bertz CT molecular complexity index is 1330. The number of hydrogen-bond donors (Lipinski definition) is 2. The van der Waals surface area contributed by atoms with Gasteiger partial charge >= 0.3 is 0 Å². The highest BCUT2D eigenvalue weighted by molar-refractivity contribution is 6.04. The van der Waals surface area contributed by atoms with Crippen LogP contribution in [0.2, 0.25) is 0 Å². The zero-order chi connectivity index (χ0) is 25.2. The van der Waals surface area contributed by atoms with E-state index in [0.29, 0.717) is 54.2 Å². The van der Waals surface area contributed by atoms with Gasteiger partial charge in [0.1, 0.15) is 5.75 Å². The van der Waals surface area contributed by atoms with Crippen LogP contribution in [0.5, 0.6) is 5.75 Å². The van der Waals surface area contributed by atoms with E-state index >= 15 is 0 Å². The first-order chi connectivity index (χ1) is 17.4. The molecule has 2 aromatic carbocycles. The van der Waals surface area contributed by atoms with Gasteiger partial charge in [-0.1, -0.05) is 6.07 Å². The highest BCUT2D eigenvalue weighted by Crippen LogP contribution is 2.32. The molecule has 0 spiro atoms. The molecule has 1 fully saturated rings. The topological polar surface area (TPSA) is 118 Å². The number of ketones is 1. The summed E-state index contributed by atoms with van der Waals surface area (Å²) in [6.45, 7) is 2.56. The summed E-state index contributed by atoms with van der Waals surface area (Å²) in [5, 5.41) is 5.50. The van der Waals surface area contributed by atoms with Crippen molar-refractivity contribution in [2.75, 3.05) is 23.7 Å². The second-order valence-corrected chi connectivity index (χ2v) is 8.90. The van der Waals surface area contributed by atoms with Gasteiger partial charge in [-0.25, -0.2) is 0 Å². The quantitative estimate of drug-likeness (QED) is 0.526. The Morgan fingerprint density at radius 2 is 1.81 bits per heavy atom. The number of nitrogens with one attached hydrogen (secondary N) is 2. The molecule has 3 aromatic rings. The van der Waals surface area contributed by atoms with Crippen molar-refractivity contribution in [3.05, 3.63) is 77.7 Å². The maximum atomic E-state index is 13.1. The molecule has 5 rings (SSSR count). The number of rotatable bonds is 5. The number of furan rings is 1. The van der Waals surface area contributed by atoms with Gasteiger partial charge in [0.2, 0.25) is 0 Å². The van der Waals surface area contributed by atoms with E-state index in [1.165, 1.54) is 6.26 Å². The monoisotopic (exact) mass is 487 g/mol. The number of hydrogen-bond acceptors (Lipinski definition) is 6. The number of carbonyl (C=O) groups is 4. The van der Waals surface area contributed by atoms with Crippen LogP contribution in [0.15, 0.2) is 65.3 Å². The van der Waals surface area contributed by atoms with E-state index in [1.807, 2.05) is 0 Å². The first kappa shape index (κ1) is 23.3. The van der Waals surface area contributed by atoms with Crippen molar-refractivity contribution >= 4 is 34.9 Å². The molecule has 2 N–H and O–H groups in total. The van der Waals surface area contributed by atoms with Gasteiger partial charge in [0.15, 0.2) is 17.6 Å². The summed E-state index contributed by atoms with van der Waals surface area (Å²) in [5.74, 6) is -0.304. The number of ether oxygens (including phenoxy) is 1. The zero-order valence-electron chi connectivity index (χ0n) is 19.7.